The Morgan fingerprint density at radius 1 is 1.09 bits per heavy atom. The van der Waals surface area contributed by atoms with Crippen LogP contribution in [0.1, 0.15) is 34.7 Å². The highest BCUT2D eigenvalue weighted by atomic mass is 32.2. The van der Waals surface area contributed by atoms with Gasteiger partial charge in [-0.1, -0.05) is 12.1 Å². The van der Waals surface area contributed by atoms with Crippen molar-refractivity contribution in [2.75, 3.05) is 58.5 Å². The number of fused-ring (bicyclic) bond motifs is 1. The molecule has 1 atom stereocenters. The van der Waals surface area contributed by atoms with Crippen molar-refractivity contribution in [3.05, 3.63) is 52.6 Å². The number of ether oxygens (including phenoxy) is 2. The summed E-state index contributed by atoms with van der Waals surface area (Å²) in [5.41, 5.74) is 5.65. The molecule has 0 saturated carbocycles. The fourth-order valence-corrected chi connectivity index (χ4v) is 6.03. The van der Waals surface area contributed by atoms with E-state index in [9.17, 15) is 8.42 Å². The van der Waals surface area contributed by atoms with Gasteiger partial charge in [0.1, 0.15) is 10.6 Å². The first-order chi connectivity index (χ1) is 15.8. The molecule has 1 fully saturated rings. The standard InChI is InChI=1S/C25H35N3O4S/c1-18-14-24(31-4)25(15-19(18)2)33(29,30)26-17-23(28-10-12-32-13-11-28)21-7-8-22-20(16-21)6-5-9-27(22)3/h7-8,14-16,23,26H,5-6,9-13,17H2,1-4H3. The van der Waals surface area contributed by atoms with Crippen molar-refractivity contribution >= 4 is 15.7 Å². The van der Waals surface area contributed by atoms with E-state index in [1.807, 2.05) is 13.8 Å². The molecule has 0 aromatic heterocycles. The number of aryl methyl sites for hydroxylation is 3. The molecule has 2 heterocycles. The topological polar surface area (TPSA) is 71.1 Å². The number of hydrogen-bond donors (Lipinski definition) is 1. The summed E-state index contributed by atoms with van der Waals surface area (Å²) >= 11 is 0. The van der Waals surface area contributed by atoms with Crippen LogP contribution in [0, 0.1) is 13.8 Å². The lowest BCUT2D eigenvalue weighted by molar-refractivity contribution is 0.0172. The molecule has 4 rings (SSSR count). The molecule has 2 aliphatic heterocycles. The van der Waals surface area contributed by atoms with Gasteiger partial charge >= 0.3 is 0 Å². The molecule has 7 nitrogen and oxygen atoms in total. The smallest absolute Gasteiger partial charge is 0.244 e. The van der Waals surface area contributed by atoms with Crippen LogP contribution in [-0.4, -0.2) is 66.9 Å². The molecular weight excluding hydrogens is 438 g/mol. The molecule has 2 aromatic rings. The van der Waals surface area contributed by atoms with E-state index in [-0.39, 0.29) is 17.5 Å². The number of morpholine rings is 1. The van der Waals surface area contributed by atoms with Gasteiger partial charge in [0.05, 0.1) is 20.3 Å². The van der Waals surface area contributed by atoms with Crippen LogP contribution in [0.15, 0.2) is 35.2 Å². The minimum Gasteiger partial charge on any atom is -0.495 e. The fourth-order valence-electron chi connectivity index (χ4n) is 4.76. The van der Waals surface area contributed by atoms with Gasteiger partial charge in [-0.25, -0.2) is 13.1 Å². The quantitative estimate of drug-likeness (QED) is 0.667. The van der Waals surface area contributed by atoms with Crippen LogP contribution >= 0.6 is 0 Å². The number of benzene rings is 2. The summed E-state index contributed by atoms with van der Waals surface area (Å²) in [7, 11) is -0.120. The summed E-state index contributed by atoms with van der Waals surface area (Å²) in [6, 6.07) is 9.98. The highest BCUT2D eigenvalue weighted by molar-refractivity contribution is 7.89. The predicted molar refractivity (Wildman–Crippen MR) is 131 cm³/mol. The van der Waals surface area contributed by atoms with Gasteiger partial charge in [-0.15, -0.1) is 0 Å². The Labute approximate surface area is 197 Å². The van der Waals surface area contributed by atoms with Crippen LogP contribution in [0.5, 0.6) is 5.75 Å². The first-order valence-electron chi connectivity index (χ1n) is 11.6. The number of hydrogen-bond acceptors (Lipinski definition) is 6. The maximum atomic E-state index is 13.3. The largest absolute Gasteiger partial charge is 0.495 e. The number of rotatable bonds is 7. The molecule has 33 heavy (non-hydrogen) atoms. The molecule has 8 heteroatoms. The molecule has 1 unspecified atom stereocenters. The monoisotopic (exact) mass is 473 g/mol. The Balaban J connectivity index is 1.62. The maximum absolute atomic E-state index is 13.3. The fraction of sp³-hybridized carbons (Fsp3) is 0.520. The van der Waals surface area contributed by atoms with Gasteiger partial charge in [0.25, 0.3) is 0 Å². The second-order valence-electron chi connectivity index (χ2n) is 9.02. The average molecular weight is 474 g/mol. The van der Waals surface area contributed by atoms with Crippen molar-refractivity contribution < 1.29 is 17.9 Å². The highest BCUT2D eigenvalue weighted by Crippen LogP contribution is 2.32. The normalized spacial score (nSPS) is 18.1. The van der Waals surface area contributed by atoms with Crippen molar-refractivity contribution in [3.63, 3.8) is 0 Å². The first-order valence-corrected chi connectivity index (χ1v) is 13.1. The van der Waals surface area contributed by atoms with Crippen molar-refractivity contribution in [2.24, 2.45) is 0 Å². The van der Waals surface area contributed by atoms with Crippen LogP contribution in [0.4, 0.5) is 5.69 Å². The van der Waals surface area contributed by atoms with E-state index in [0.29, 0.717) is 19.0 Å². The van der Waals surface area contributed by atoms with E-state index < -0.39 is 10.0 Å². The predicted octanol–water partition coefficient (Wildman–Crippen LogP) is 3.05. The van der Waals surface area contributed by atoms with Crippen molar-refractivity contribution in [3.8, 4) is 5.75 Å². The zero-order chi connectivity index (χ0) is 23.6. The molecule has 0 radical (unpaired) electrons. The van der Waals surface area contributed by atoms with E-state index in [1.54, 1.807) is 12.1 Å². The number of methoxy groups -OCH3 is 1. The van der Waals surface area contributed by atoms with Gasteiger partial charge in [0, 0.05) is 45.0 Å². The summed E-state index contributed by atoms with van der Waals surface area (Å²) in [5.74, 6) is 0.366. The van der Waals surface area contributed by atoms with Crippen LogP contribution in [0.2, 0.25) is 0 Å². The highest BCUT2D eigenvalue weighted by Gasteiger charge is 2.28. The van der Waals surface area contributed by atoms with E-state index in [4.69, 9.17) is 9.47 Å². The number of nitrogens with one attached hydrogen (secondary N) is 1. The minimum absolute atomic E-state index is 0.0706. The van der Waals surface area contributed by atoms with E-state index >= 15 is 0 Å². The SMILES string of the molecule is COc1cc(C)c(C)cc1S(=O)(=O)NCC(c1ccc2c(c1)CCCN2C)N1CCOCC1. The van der Waals surface area contributed by atoms with Gasteiger partial charge in [0.15, 0.2) is 0 Å². The summed E-state index contributed by atoms with van der Waals surface area (Å²) in [5, 5.41) is 0. The zero-order valence-corrected chi connectivity index (χ0v) is 20.9. The summed E-state index contributed by atoms with van der Waals surface area (Å²) in [4.78, 5) is 4.79. The molecule has 0 bridgehead atoms. The van der Waals surface area contributed by atoms with Crippen molar-refractivity contribution in [1.29, 1.82) is 0 Å². The van der Waals surface area contributed by atoms with Crippen LogP contribution in [-0.2, 0) is 21.2 Å². The lowest BCUT2D eigenvalue weighted by Gasteiger charge is -2.36. The lowest BCUT2D eigenvalue weighted by atomic mass is 9.96. The van der Waals surface area contributed by atoms with Crippen molar-refractivity contribution in [2.45, 2.75) is 37.6 Å². The Morgan fingerprint density at radius 2 is 1.82 bits per heavy atom. The lowest BCUT2D eigenvalue weighted by Crippen LogP contribution is -2.44. The molecule has 0 amide bonds. The van der Waals surface area contributed by atoms with E-state index in [2.05, 4.69) is 39.8 Å². The van der Waals surface area contributed by atoms with Crippen LogP contribution in [0.3, 0.4) is 0 Å². The number of nitrogens with zero attached hydrogens (tertiary/aromatic N) is 2. The summed E-state index contributed by atoms with van der Waals surface area (Å²) in [6.45, 7) is 8.07. The summed E-state index contributed by atoms with van der Waals surface area (Å²) in [6.07, 6.45) is 2.18. The molecule has 0 spiro atoms. The molecule has 2 aliphatic rings. The molecular formula is C25H35N3O4S. The molecule has 2 aromatic carbocycles. The molecule has 1 N–H and O–H groups in total. The number of sulfonamides is 1. The summed E-state index contributed by atoms with van der Waals surface area (Å²) < 4.78 is 40.5. The number of anilines is 1. The van der Waals surface area contributed by atoms with Crippen LogP contribution < -0.4 is 14.4 Å². The second-order valence-corrected chi connectivity index (χ2v) is 10.8. The zero-order valence-electron chi connectivity index (χ0n) is 20.1. The van der Waals surface area contributed by atoms with Crippen LogP contribution in [0.25, 0.3) is 0 Å². The van der Waals surface area contributed by atoms with Gasteiger partial charge < -0.3 is 14.4 Å². The Morgan fingerprint density at radius 3 is 2.55 bits per heavy atom. The third-order valence-electron chi connectivity index (χ3n) is 6.86. The Kier molecular flexibility index (Phi) is 7.28. The van der Waals surface area contributed by atoms with E-state index in [1.165, 1.54) is 18.4 Å². The van der Waals surface area contributed by atoms with Gasteiger partial charge in [-0.2, -0.15) is 0 Å². The molecule has 180 valence electrons. The second kappa shape index (κ2) is 10.0. The third kappa shape index (κ3) is 5.19. The Bertz CT molecular complexity index is 1100. The van der Waals surface area contributed by atoms with Crippen molar-refractivity contribution in [1.82, 2.24) is 9.62 Å². The first kappa shape index (κ1) is 24.0. The average Bonchev–Trinajstić information content (AvgIpc) is 2.81. The molecule has 0 aliphatic carbocycles. The maximum Gasteiger partial charge on any atom is 0.244 e. The van der Waals surface area contributed by atoms with E-state index in [0.717, 1.165) is 49.2 Å². The van der Waals surface area contributed by atoms with Gasteiger partial charge in [-0.3, -0.25) is 4.90 Å². The minimum atomic E-state index is -3.75. The Hall–Kier alpha value is -2.13. The van der Waals surface area contributed by atoms with Gasteiger partial charge in [-0.05, 0) is 67.1 Å². The third-order valence-corrected chi connectivity index (χ3v) is 8.31. The molecule has 1 saturated heterocycles. The van der Waals surface area contributed by atoms with Gasteiger partial charge in [0.2, 0.25) is 10.0 Å².